The third-order valence-electron chi connectivity index (χ3n) is 5.61. The first-order chi connectivity index (χ1) is 14.1. The smallest absolute Gasteiger partial charge is 0.243 e. The fourth-order valence-electron chi connectivity index (χ4n) is 3.57. The van der Waals surface area contributed by atoms with Crippen molar-refractivity contribution >= 4 is 39.1 Å². The number of carbonyl (C=O) groups is 1. The lowest BCUT2D eigenvalue weighted by Crippen LogP contribution is -2.43. The first-order valence-corrected chi connectivity index (χ1v) is 11.8. The number of sulfonamides is 1. The molecule has 9 heteroatoms. The molecule has 162 valence electrons. The average molecular weight is 473 g/mol. The standard InChI is InChI=1S/C21H23Cl2FN2O3S/c1-14(15-3-5-17(22)6-4-15)25(2)21(27)16-9-11-26(12-10-16)30(28,29)18-7-8-20(24)19(23)13-18/h3-8,13-14,16H,9-12H2,1-2H3. The van der Waals surface area contributed by atoms with Crippen molar-refractivity contribution < 1.29 is 17.6 Å². The molecule has 0 saturated carbocycles. The predicted molar refractivity (Wildman–Crippen MR) is 116 cm³/mol. The van der Waals surface area contributed by atoms with E-state index in [4.69, 9.17) is 23.2 Å². The lowest BCUT2D eigenvalue weighted by Gasteiger charge is -2.34. The molecule has 5 nitrogen and oxygen atoms in total. The van der Waals surface area contributed by atoms with Crippen LogP contribution in [0.25, 0.3) is 0 Å². The summed E-state index contributed by atoms with van der Waals surface area (Å²) in [6.45, 7) is 2.38. The summed E-state index contributed by atoms with van der Waals surface area (Å²) in [6, 6.07) is 10.6. The highest BCUT2D eigenvalue weighted by molar-refractivity contribution is 7.89. The van der Waals surface area contributed by atoms with Gasteiger partial charge < -0.3 is 4.90 Å². The topological polar surface area (TPSA) is 57.7 Å². The lowest BCUT2D eigenvalue weighted by molar-refractivity contribution is -0.137. The Hall–Kier alpha value is -1.67. The van der Waals surface area contributed by atoms with E-state index in [-0.39, 0.29) is 40.9 Å². The molecule has 3 rings (SSSR count). The first kappa shape index (κ1) is 23.0. The Morgan fingerprint density at radius 1 is 1.13 bits per heavy atom. The molecule has 1 heterocycles. The van der Waals surface area contributed by atoms with Crippen LogP contribution in [-0.4, -0.2) is 43.7 Å². The van der Waals surface area contributed by atoms with Gasteiger partial charge in [-0.1, -0.05) is 35.3 Å². The van der Waals surface area contributed by atoms with Crippen LogP contribution in [-0.2, 0) is 14.8 Å². The van der Waals surface area contributed by atoms with Gasteiger partial charge >= 0.3 is 0 Å². The van der Waals surface area contributed by atoms with Crippen molar-refractivity contribution in [2.75, 3.05) is 20.1 Å². The van der Waals surface area contributed by atoms with E-state index in [9.17, 15) is 17.6 Å². The van der Waals surface area contributed by atoms with E-state index < -0.39 is 15.8 Å². The molecule has 1 atom stereocenters. The van der Waals surface area contributed by atoms with Crippen LogP contribution in [0.2, 0.25) is 10.0 Å². The summed E-state index contributed by atoms with van der Waals surface area (Å²) in [6.07, 6.45) is 0.843. The van der Waals surface area contributed by atoms with Crippen LogP contribution in [0.5, 0.6) is 0 Å². The molecule has 1 saturated heterocycles. The van der Waals surface area contributed by atoms with Gasteiger partial charge in [0.1, 0.15) is 5.82 Å². The molecule has 0 spiro atoms. The minimum atomic E-state index is -3.79. The SMILES string of the molecule is CC(c1ccc(Cl)cc1)N(C)C(=O)C1CCN(S(=O)(=O)c2ccc(F)c(Cl)c2)CC1. The van der Waals surface area contributed by atoms with Gasteiger partial charge in [0.05, 0.1) is 16.0 Å². The molecule has 0 aromatic heterocycles. The second kappa shape index (κ2) is 9.22. The summed E-state index contributed by atoms with van der Waals surface area (Å²) in [5.74, 6) is -0.940. The molecule has 0 bridgehead atoms. The summed E-state index contributed by atoms with van der Waals surface area (Å²) in [5, 5.41) is 0.398. The number of amides is 1. The Labute approximate surface area is 186 Å². The van der Waals surface area contributed by atoms with Crippen molar-refractivity contribution in [1.29, 1.82) is 0 Å². The van der Waals surface area contributed by atoms with Crippen LogP contribution < -0.4 is 0 Å². The maximum absolute atomic E-state index is 13.4. The van der Waals surface area contributed by atoms with Gasteiger partial charge in [-0.3, -0.25) is 4.79 Å². The molecule has 1 unspecified atom stereocenters. The fourth-order valence-corrected chi connectivity index (χ4v) is 5.44. The van der Waals surface area contributed by atoms with Crippen molar-refractivity contribution in [3.8, 4) is 0 Å². The Bertz CT molecular complexity index is 1020. The molecule has 0 aliphatic carbocycles. The Balaban J connectivity index is 1.64. The number of rotatable bonds is 5. The van der Waals surface area contributed by atoms with Gasteiger partial charge in [0, 0.05) is 31.1 Å². The third-order valence-corrected chi connectivity index (χ3v) is 8.05. The molecule has 1 amide bonds. The second-order valence-electron chi connectivity index (χ2n) is 7.43. The molecular formula is C21H23Cl2FN2O3S. The zero-order valence-corrected chi connectivity index (χ0v) is 19.0. The van der Waals surface area contributed by atoms with Crippen LogP contribution >= 0.6 is 23.2 Å². The molecule has 2 aromatic carbocycles. The molecule has 0 N–H and O–H groups in total. The number of hydrogen-bond acceptors (Lipinski definition) is 3. The van der Waals surface area contributed by atoms with Gasteiger partial charge in [-0.15, -0.1) is 0 Å². The monoisotopic (exact) mass is 472 g/mol. The van der Waals surface area contributed by atoms with Gasteiger partial charge in [-0.05, 0) is 55.7 Å². The Kier molecular flexibility index (Phi) is 7.07. The number of piperidine rings is 1. The fraction of sp³-hybridized carbons (Fsp3) is 0.381. The first-order valence-electron chi connectivity index (χ1n) is 9.58. The number of carbonyl (C=O) groups excluding carboxylic acids is 1. The molecule has 1 fully saturated rings. The van der Waals surface area contributed by atoms with E-state index in [0.717, 1.165) is 17.7 Å². The lowest BCUT2D eigenvalue weighted by atomic mass is 9.95. The highest BCUT2D eigenvalue weighted by atomic mass is 35.5. The normalized spacial score (nSPS) is 17.0. The minimum Gasteiger partial charge on any atom is -0.339 e. The number of hydrogen-bond donors (Lipinski definition) is 0. The highest BCUT2D eigenvalue weighted by Gasteiger charge is 2.34. The van der Waals surface area contributed by atoms with Gasteiger partial charge in [-0.2, -0.15) is 4.31 Å². The van der Waals surface area contributed by atoms with E-state index >= 15 is 0 Å². The van der Waals surface area contributed by atoms with Crippen LogP contribution in [0.15, 0.2) is 47.4 Å². The largest absolute Gasteiger partial charge is 0.339 e. The summed E-state index contributed by atoms with van der Waals surface area (Å²) in [5.41, 5.74) is 0.975. The Morgan fingerprint density at radius 2 is 1.73 bits per heavy atom. The molecule has 2 aromatic rings. The number of benzene rings is 2. The summed E-state index contributed by atoms with van der Waals surface area (Å²) >= 11 is 11.7. The zero-order chi connectivity index (χ0) is 22.1. The number of nitrogens with zero attached hydrogens (tertiary/aromatic N) is 2. The van der Waals surface area contributed by atoms with E-state index in [1.807, 2.05) is 19.1 Å². The van der Waals surface area contributed by atoms with Gasteiger partial charge in [-0.25, -0.2) is 12.8 Å². The molecule has 1 aliphatic heterocycles. The van der Waals surface area contributed by atoms with Crippen molar-refractivity contribution in [3.05, 3.63) is 63.9 Å². The molecular weight excluding hydrogens is 450 g/mol. The maximum Gasteiger partial charge on any atom is 0.243 e. The van der Waals surface area contributed by atoms with E-state index in [1.54, 1.807) is 24.1 Å². The van der Waals surface area contributed by atoms with Gasteiger partial charge in [0.25, 0.3) is 0 Å². The van der Waals surface area contributed by atoms with E-state index in [2.05, 4.69) is 0 Å². The summed E-state index contributed by atoms with van der Waals surface area (Å²) < 4.78 is 40.3. The van der Waals surface area contributed by atoms with Crippen LogP contribution in [0.4, 0.5) is 4.39 Å². The Morgan fingerprint density at radius 3 is 2.30 bits per heavy atom. The summed E-state index contributed by atoms with van der Waals surface area (Å²) in [4.78, 5) is 14.6. The van der Waals surface area contributed by atoms with Crippen LogP contribution in [0, 0.1) is 11.7 Å². The molecule has 0 radical (unpaired) electrons. The molecule has 1 aliphatic rings. The minimum absolute atomic E-state index is 0.0145. The van der Waals surface area contributed by atoms with Crippen LogP contribution in [0.1, 0.15) is 31.4 Å². The van der Waals surface area contributed by atoms with Crippen molar-refractivity contribution in [1.82, 2.24) is 9.21 Å². The van der Waals surface area contributed by atoms with Gasteiger partial charge in [0.15, 0.2) is 0 Å². The van der Waals surface area contributed by atoms with Crippen molar-refractivity contribution in [3.63, 3.8) is 0 Å². The molecule has 30 heavy (non-hydrogen) atoms. The average Bonchev–Trinajstić information content (AvgIpc) is 2.74. The number of halogens is 3. The second-order valence-corrected chi connectivity index (χ2v) is 10.2. The van der Waals surface area contributed by atoms with Crippen molar-refractivity contribution in [2.45, 2.75) is 30.7 Å². The predicted octanol–water partition coefficient (Wildman–Crippen LogP) is 4.75. The van der Waals surface area contributed by atoms with E-state index in [0.29, 0.717) is 17.9 Å². The van der Waals surface area contributed by atoms with Gasteiger partial charge in [0.2, 0.25) is 15.9 Å². The summed E-state index contributed by atoms with van der Waals surface area (Å²) in [7, 11) is -2.03. The van der Waals surface area contributed by atoms with E-state index in [1.165, 1.54) is 10.4 Å². The van der Waals surface area contributed by atoms with Crippen LogP contribution in [0.3, 0.4) is 0 Å². The third kappa shape index (κ3) is 4.80. The maximum atomic E-state index is 13.4. The highest BCUT2D eigenvalue weighted by Crippen LogP contribution is 2.29. The zero-order valence-electron chi connectivity index (χ0n) is 16.7. The van der Waals surface area contributed by atoms with Crippen molar-refractivity contribution in [2.24, 2.45) is 5.92 Å². The quantitative estimate of drug-likeness (QED) is 0.630.